The maximum Gasteiger partial charge on any atom is 0.222 e. The van der Waals surface area contributed by atoms with Crippen LogP contribution >= 0.6 is 11.6 Å². The number of nitrogens with zero attached hydrogens (tertiary/aromatic N) is 3. The highest BCUT2D eigenvalue weighted by Gasteiger charge is 2.38. The molecule has 1 saturated carbocycles. The summed E-state index contributed by atoms with van der Waals surface area (Å²) in [4.78, 5) is 10.5. The fraction of sp³-hybridized carbons (Fsp3) is 0.636. The molecule has 0 aromatic carbocycles. The molecule has 0 saturated heterocycles. The second kappa shape index (κ2) is 4.55. The lowest BCUT2D eigenvalue weighted by Crippen LogP contribution is -2.54. The molecule has 1 aromatic heterocycles. The van der Waals surface area contributed by atoms with E-state index < -0.39 is 0 Å². The molecule has 88 valence electrons. The fourth-order valence-corrected chi connectivity index (χ4v) is 2.11. The monoisotopic (exact) mass is 240 g/mol. The molecule has 1 fully saturated rings. The largest absolute Gasteiger partial charge is 0.352 e. The van der Waals surface area contributed by atoms with Gasteiger partial charge in [-0.25, -0.2) is 9.97 Å². The smallest absolute Gasteiger partial charge is 0.222 e. The molecule has 5 heteroatoms. The Bertz CT molecular complexity index is 346. The average Bonchev–Trinajstić information content (AvgIpc) is 2.18. The first-order valence-corrected chi connectivity index (χ1v) is 5.89. The van der Waals surface area contributed by atoms with Crippen LogP contribution in [0.2, 0.25) is 5.02 Å². The Kier molecular flexibility index (Phi) is 3.30. The molecule has 16 heavy (non-hydrogen) atoms. The third-order valence-corrected chi connectivity index (χ3v) is 3.62. The van der Waals surface area contributed by atoms with Crippen molar-refractivity contribution in [2.75, 3.05) is 26.0 Å². The van der Waals surface area contributed by atoms with Crippen LogP contribution in [0.5, 0.6) is 0 Å². The molecule has 0 radical (unpaired) electrons. The third kappa shape index (κ3) is 2.28. The van der Waals surface area contributed by atoms with E-state index in [0.717, 1.165) is 6.54 Å². The van der Waals surface area contributed by atoms with Crippen molar-refractivity contribution in [3.05, 3.63) is 17.4 Å². The Hall–Kier alpha value is -0.870. The van der Waals surface area contributed by atoms with Crippen molar-refractivity contribution in [1.29, 1.82) is 0 Å². The van der Waals surface area contributed by atoms with Crippen LogP contribution in [0.3, 0.4) is 0 Å². The van der Waals surface area contributed by atoms with Gasteiger partial charge in [0.2, 0.25) is 5.95 Å². The van der Waals surface area contributed by atoms with E-state index in [1.807, 2.05) is 0 Å². The van der Waals surface area contributed by atoms with Crippen molar-refractivity contribution in [2.24, 2.45) is 0 Å². The normalized spacial score (nSPS) is 18.2. The molecule has 0 aliphatic heterocycles. The summed E-state index contributed by atoms with van der Waals surface area (Å²) in [6.07, 6.45) is 7.00. The molecule has 4 nitrogen and oxygen atoms in total. The van der Waals surface area contributed by atoms with Gasteiger partial charge < -0.3 is 10.2 Å². The van der Waals surface area contributed by atoms with Crippen LogP contribution in [0, 0.1) is 0 Å². The molecular weight excluding hydrogens is 224 g/mol. The highest BCUT2D eigenvalue weighted by atomic mass is 35.5. The summed E-state index contributed by atoms with van der Waals surface area (Å²) in [6.45, 7) is 0.891. The number of hydrogen-bond donors (Lipinski definition) is 1. The van der Waals surface area contributed by atoms with Crippen LogP contribution in [0.15, 0.2) is 12.4 Å². The van der Waals surface area contributed by atoms with Gasteiger partial charge >= 0.3 is 0 Å². The lowest BCUT2D eigenvalue weighted by atomic mass is 9.75. The summed E-state index contributed by atoms with van der Waals surface area (Å²) < 4.78 is 0. The minimum atomic E-state index is 0.281. The standard InChI is InChI=1S/C11H17ClN4/c1-16(2)11(4-3-5-11)8-15-10-13-6-9(12)7-14-10/h6-7H,3-5,8H2,1-2H3,(H,13,14,15). The molecule has 0 spiro atoms. The van der Waals surface area contributed by atoms with Crippen molar-refractivity contribution in [1.82, 2.24) is 14.9 Å². The molecule has 1 aliphatic carbocycles. The Morgan fingerprint density at radius 3 is 2.44 bits per heavy atom. The molecule has 1 aromatic rings. The van der Waals surface area contributed by atoms with Crippen molar-refractivity contribution in [3.8, 4) is 0 Å². The van der Waals surface area contributed by atoms with Gasteiger partial charge in [0.05, 0.1) is 17.4 Å². The van der Waals surface area contributed by atoms with Crippen LogP contribution in [0.1, 0.15) is 19.3 Å². The predicted molar refractivity (Wildman–Crippen MR) is 65.8 cm³/mol. The van der Waals surface area contributed by atoms with Crippen LogP contribution in [0.25, 0.3) is 0 Å². The summed E-state index contributed by atoms with van der Waals surface area (Å²) in [6, 6.07) is 0. The van der Waals surface area contributed by atoms with Gasteiger partial charge in [-0.05, 0) is 33.4 Å². The van der Waals surface area contributed by atoms with E-state index in [-0.39, 0.29) is 5.54 Å². The van der Waals surface area contributed by atoms with E-state index in [9.17, 15) is 0 Å². The van der Waals surface area contributed by atoms with E-state index >= 15 is 0 Å². The Labute approximate surface area is 101 Å². The van der Waals surface area contributed by atoms with Crippen LogP contribution in [0.4, 0.5) is 5.95 Å². The maximum atomic E-state index is 5.73. The summed E-state index contributed by atoms with van der Waals surface area (Å²) in [7, 11) is 4.26. The van der Waals surface area contributed by atoms with Crippen molar-refractivity contribution >= 4 is 17.5 Å². The molecule has 0 atom stereocenters. The third-order valence-electron chi connectivity index (χ3n) is 3.43. The molecule has 0 unspecified atom stereocenters. The Morgan fingerprint density at radius 2 is 2.00 bits per heavy atom. The minimum absolute atomic E-state index is 0.281. The highest BCUT2D eigenvalue weighted by Crippen LogP contribution is 2.35. The predicted octanol–water partition coefficient (Wildman–Crippen LogP) is 2.03. The number of likely N-dealkylation sites (N-methyl/N-ethyl adjacent to an activating group) is 1. The van der Waals surface area contributed by atoms with Gasteiger partial charge in [-0.3, -0.25) is 0 Å². The first kappa shape index (κ1) is 11.6. The minimum Gasteiger partial charge on any atom is -0.352 e. The molecule has 1 N–H and O–H groups in total. The molecule has 0 amide bonds. The zero-order valence-electron chi connectivity index (χ0n) is 9.70. The van der Waals surface area contributed by atoms with E-state index in [1.165, 1.54) is 19.3 Å². The van der Waals surface area contributed by atoms with E-state index in [4.69, 9.17) is 11.6 Å². The van der Waals surface area contributed by atoms with Gasteiger partial charge in [0.15, 0.2) is 0 Å². The van der Waals surface area contributed by atoms with Crippen molar-refractivity contribution in [2.45, 2.75) is 24.8 Å². The first-order valence-electron chi connectivity index (χ1n) is 5.51. The Balaban J connectivity index is 1.93. The average molecular weight is 241 g/mol. The first-order chi connectivity index (χ1) is 7.62. The van der Waals surface area contributed by atoms with Gasteiger partial charge in [-0.15, -0.1) is 0 Å². The summed E-state index contributed by atoms with van der Waals surface area (Å²) >= 11 is 5.73. The van der Waals surface area contributed by atoms with Gasteiger partial charge in [-0.1, -0.05) is 11.6 Å². The molecule has 1 heterocycles. The quantitative estimate of drug-likeness (QED) is 0.875. The second-order valence-electron chi connectivity index (χ2n) is 4.55. The number of anilines is 1. The SMILES string of the molecule is CN(C)C1(CNc2ncc(Cl)cn2)CCC1. The number of nitrogens with one attached hydrogen (secondary N) is 1. The summed E-state index contributed by atoms with van der Waals surface area (Å²) in [5.41, 5.74) is 0.281. The number of rotatable bonds is 4. The number of halogens is 1. The maximum absolute atomic E-state index is 5.73. The topological polar surface area (TPSA) is 41.0 Å². The van der Waals surface area contributed by atoms with Crippen LogP contribution in [-0.2, 0) is 0 Å². The van der Waals surface area contributed by atoms with Gasteiger partial charge in [0.1, 0.15) is 0 Å². The Morgan fingerprint density at radius 1 is 1.38 bits per heavy atom. The van der Waals surface area contributed by atoms with E-state index in [0.29, 0.717) is 11.0 Å². The number of aromatic nitrogens is 2. The van der Waals surface area contributed by atoms with Gasteiger partial charge in [0, 0.05) is 12.1 Å². The van der Waals surface area contributed by atoms with Crippen molar-refractivity contribution < 1.29 is 0 Å². The highest BCUT2D eigenvalue weighted by molar-refractivity contribution is 6.30. The number of hydrogen-bond acceptors (Lipinski definition) is 4. The van der Waals surface area contributed by atoms with Crippen LogP contribution in [-0.4, -0.2) is 41.0 Å². The van der Waals surface area contributed by atoms with E-state index in [2.05, 4.69) is 34.3 Å². The molecule has 1 aliphatic rings. The summed E-state index contributed by atoms with van der Waals surface area (Å²) in [5.74, 6) is 0.650. The van der Waals surface area contributed by atoms with Gasteiger partial charge in [0.25, 0.3) is 0 Å². The fourth-order valence-electron chi connectivity index (χ4n) is 2.01. The molecular formula is C11H17ClN4. The zero-order chi connectivity index (χ0) is 11.6. The van der Waals surface area contributed by atoms with Crippen LogP contribution < -0.4 is 5.32 Å². The lowest BCUT2D eigenvalue weighted by molar-refractivity contribution is 0.0737. The second-order valence-corrected chi connectivity index (χ2v) is 4.99. The summed E-state index contributed by atoms with van der Waals surface area (Å²) in [5, 5.41) is 3.84. The lowest BCUT2D eigenvalue weighted by Gasteiger charge is -2.47. The van der Waals surface area contributed by atoms with Crippen molar-refractivity contribution in [3.63, 3.8) is 0 Å². The van der Waals surface area contributed by atoms with E-state index in [1.54, 1.807) is 12.4 Å². The molecule has 0 bridgehead atoms. The zero-order valence-corrected chi connectivity index (χ0v) is 10.5. The van der Waals surface area contributed by atoms with Gasteiger partial charge in [-0.2, -0.15) is 0 Å². The molecule has 2 rings (SSSR count).